The number of hydrogen-bond donors (Lipinski definition) is 2. The van der Waals surface area contributed by atoms with Gasteiger partial charge >= 0.3 is 12.2 Å². The highest BCUT2D eigenvalue weighted by Gasteiger charge is 2.35. The standard InChI is InChI=1S/C20H19ClFN3O6S/c21-16-5-6-17(32-16)31-19(28)23-9-12-10-25(20(29)30-12)14-4-3-11(8-13(14)22)24-7-1-2-15(26)18(24)27/h3-6,8,12,15,26H,1-2,7,9-10H2,(H,23,28)/t12-,15?/m0/s1. The highest BCUT2D eigenvalue weighted by atomic mass is 35.5. The van der Waals surface area contributed by atoms with Crippen LogP contribution in [0.1, 0.15) is 12.8 Å². The van der Waals surface area contributed by atoms with Crippen molar-refractivity contribution in [2.24, 2.45) is 0 Å². The van der Waals surface area contributed by atoms with E-state index in [1.165, 1.54) is 17.0 Å². The summed E-state index contributed by atoms with van der Waals surface area (Å²) in [6, 6.07) is 7.18. The number of thiophene rings is 1. The Kier molecular flexibility index (Phi) is 6.49. The molecule has 2 atom stereocenters. The van der Waals surface area contributed by atoms with E-state index in [2.05, 4.69) is 5.32 Å². The minimum absolute atomic E-state index is 0.0120. The summed E-state index contributed by atoms with van der Waals surface area (Å²) in [4.78, 5) is 38.7. The van der Waals surface area contributed by atoms with Crippen molar-refractivity contribution in [1.82, 2.24) is 5.32 Å². The second-order valence-electron chi connectivity index (χ2n) is 7.23. The molecule has 2 aliphatic rings. The number of nitrogens with one attached hydrogen (secondary N) is 1. The molecule has 12 heteroatoms. The van der Waals surface area contributed by atoms with Crippen LogP contribution >= 0.6 is 22.9 Å². The fourth-order valence-corrected chi connectivity index (χ4v) is 4.37. The highest BCUT2D eigenvalue weighted by Crippen LogP contribution is 2.30. The lowest BCUT2D eigenvalue weighted by atomic mass is 10.1. The monoisotopic (exact) mass is 483 g/mol. The average Bonchev–Trinajstić information content (AvgIpc) is 3.33. The summed E-state index contributed by atoms with van der Waals surface area (Å²) in [6.07, 6.45) is -2.32. The number of hydrogen-bond acceptors (Lipinski definition) is 7. The van der Waals surface area contributed by atoms with Crippen molar-refractivity contribution in [1.29, 1.82) is 0 Å². The number of aliphatic hydroxyl groups is 1. The molecule has 3 amide bonds. The summed E-state index contributed by atoms with van der Waals surface area (Å²) < 4.78 is 25.5. The molecule has 2 aliphatic heterocycles. The molecule has 1 unspecified atom stereocenters. The maximum atomic E-state index is 14.8. The Morgan fingerprint density at radius 3 is 2.84 bits per heavy atom. The number of ether oxygens (including phenoxy) is 2. The first kappa shape index (κ1) is 22.3. The van der Waals surface area contributed by atoms with E-state index in [0.29, 0.717) is 34.5 Å². The van der Waals surface area contributed by atoms with E-state index in [0.717, 1.165) is 22.3 Å². The third kappa shape index (κ3) is 4.79. The van der Waals surface area contributed by atoms with Gasteiger partial charge in [-0.05, 0) is 43.2 Å². The van der Waals surface area contributed by atoms with E-state index >= 15 is 0 Å². The number of carbonyl (C=O) groups excluding carboxylic acids is 3. The molecule has 1 aromatic carbocycles. The molecule has 0 saturated carbocycles. The van der Waals surface area contributed by atoms with Crippen molar-refractivity contribution in [2.75, 3.05) is 29.4 Å². The van der Waals surface area contributed by atoms with Gasteiger partial charge in [0.2, 0.25) is 0 Å². The molecule has 1 aromatic heterocycles. The van der Waals surface area contributed by atoms with Crippen LogP contribution in [0.3, 0.4) is 0 Å². The van der Waals surface area contributed by atoms with Crippen molar-refractivity contribution in [2.45, 2.75) is 25.0 Å². The van der Waals surface area contributed by atoms with Gasteiger partial charge < -0.3 is 24.8 Å². The lowest BCUT2D eigenvalue weighted by Gasteiger charge is -2.30. The van der Waals surface area contributed by atoms with Gasteiger partial charge in [-0.1, -0.05) is 22.9 Å². The summed E-state index contributed by atoms with van der Waals surface area (Å²) >= 11 is 6.87. The molecule has 4 rings (SSSR count). The number of cyclic esters (lactones) is 1. The van der Waals surface area contributed by atoms with E-state index in [-0.39, 0.29) is 18.8 Å². The first-order chi connectivity index (χ1) is 15.3. The zero-order valence-electron chi connectivity index (χ0n) is 16.6. The molecule has 2 fully saturated rings. The molecule has 9 nitrogen and oxygen atoms in total. The summed E-state index contributed by atoms with van der Waals surface area (Å²) in [5.41, 5.74) is 0.291. The van der Waals surface area contributed by atoms with Crippen LogP contribution in [0.15, 0.2) is 30.3 Å². The van der Waals surface area contributed by atoms with Gasteiger partial charge in [-0.25, -0.2) is 14.0 Å². The van der Waals surface area contributed by atoms with Crippen LogP contribution in [0.5, 0.6) is 5.06 Å². The third-order valence-electron chi connectivity index (χ3n) is 5.03. The van der Waals surface area contributed by atoms with E-state index in [9.17, 15) is 23.9 Å². The van der Waals surface area contributed by atoms with Gasteiger partial charge in [0.1, 0.15) is 18.0 Å². The quantitative estimate of drug-likeness (QED) is 0.676. The van der Waals surface area contributed by atoms with E-state index in [4.69, 9.17) is 21.1 Å². The topological polar surface area (TPSA) is 108 Å². The molecule has 2 saturated heterocycles. The SMILES string of the molecule is O=C(NC[C@H]1CN(c2ccc(N3CCCC(O)C3=O)cc2F)C(=O)O1)Oc1ccc(Cl)s1. The number of benzene rings is 1. The number of anilines is 2. The molecule has 0 bridgehead atoms. The minimum atomic E-state index is -1.10. The van der Waals surface area contributed by atoms with Crippen LogP contribution in [0, 0.1) is 5.82 Å². The lowest BCUT2D eigenvalue weighted by Crippen LogP contribution is -2.44. The first-order valence-corrected chi connectivity index (χ1v) is 11.0. The van der Waals surface area contributed by atoms with E-state index < -0.39 is 36.1 Å². The van der Waals surface area contributed by atoms with Crippen molar-refractivity contribution in [3.63, 3.8) is 0 Å². The van der Waals surface area contributed by atoms with Crippen LogP contribution in [0.25, 0.3) is 0 Å². The number of nitrogens with zero attached hydrogens (tertiary/aromatic N) is 2. The Morgan fingerprint density at radius 1 is 1.31 bits per heavy atom. The molecule has 3 heterocycles. The number of halogens is 2. The Balaban J connectivity index is 1.36. The normalized spacial score (nSPS) is 21.0. The van der Waals surface area contributed by atoms with Crippen molar-refractivity contribution in [3.05, 3.63) is 40.5 Å². The predicted molar refractivity (Wildman–Crippen MR) is 115 cm³/mol. The van der Waals surface area contributed by atoms with Crippen LogP contribution in [-0.4, -0.2) is 55.0 Å². The summed E-state index contributed by atoms with van der Waals surface area (Å²) in [7, 11) is 0. The largest absolute Gasteiger partial charge is 0.442 e. The van der Waals surface area contributed by atoms with Crippen molar-refractivity contribution in [3.8, 4) is 5.06 Å². The van der Waals surface area contributed by atoms with E-state index in [1.807, 2.05) is 0 Å². The highest BCUT2D eigenvalue weighted by molar-refractivity contribution is 7.17. The summed E-state index contributed by atoms with van der Waals surface area (Å²) in [5.74, 6) is -1.19. The fourth-order valence-electron chi connectivity index (χ4n) is 3.50. The summed E-state index contributed by atoms with van der Waals surface area (Å²) in [5, 5.41) is 12.6. The minimum Gasteiger partial charge on any atom is -0.442 e. The molecule has 0 radical (unpaired) electrons. The van der Waals surface area contributed by atoms with Gasteiger partial charge in [-0.2, -0.15) is 0 Å². The smallest absolute Gasteiger partial charge is 0.414 e. The van der Waals surface area contributed by atoms with Crippen LogP contribution in [0.4, 0.5) is 25.4 Å². The van der Waals surface area contributed by atoms with Gasteiger partial charge in [0.15, 0.2) is 5.06 Å². The van der Waals surface area contributed by atoms with Crippen LogP contribution in [0.2, 0.25) is 4.34 Å². The van der Waals surface area contributed by atoms with Gasteiger partial charge in [-0.15, -0.1) is 0 Å². The second-order valence-corrected chi connectivity index (χ2v) is 8.91. The number of rotatable bonds is 5. The Hall–Kier alpha value is -2.89. The first-order valence-electron chi connectivity index (χ1n) is 9.80. The number of piperidine rings is 1. The zero-order chi connectivity index (χ0) is 22.8. The molecule has 2 aromatic rings. The van der Waals surface area contributed by atoms with Crippen LogP contribution < -0.4 is 19.9 Å². The number of amides is 3. The van der Waals surface area contributed by atoms with E-state index in [1.54, 1.807) is 12.1 Å². The van der Waals surface area contributed by atoms with Gasteiger partial charge in [0, 0.05) is 12.2 Å². The Morgan fingerprint density at radius 2 is 2.12 bits per heavy atom. The maximum absolute atomic E-state index is 14.8. The summed E-state index contributed by atoms with van der Waals surface area (Å²) in [6.45, 7) is 0.365. The zero-order valence-corrected chi connectivity index (χ0v) is 18.2. The Labute approximate surface area is 191 Å². The third-order valence-corrected chi connectivity index (χ3v) is 6.14. The molecule has 32 heavy (non-hydrogen) atoms. The van der Waals surface area contributed by atoms with Gasteiger partial charge in [-0.3, -0.25) is 9.69 Å². The molecular formula is C20H19ClFN3O6S. The molecule has 2 N–H and O–H groups in total. The van der Waals surface area contributed by atoms with Gasteiger partial charge in [0.05, 0.1) is 23.1 Å². The molecular weight excluding hydrogens is 465 g/mol. The maximum Gasteiger partial charge on any atom is 0.414 e. The second kappa shape index (κ2) is 9.31. The van der Waals surface area contributed by atoms with Crippen LogP contribution in [-0.2, 0) is 9.53 Å². The number of aliphatic hydroxyl groups excluding tert-OH is 1. The fraction of sp³-hybridized carbons (Fsp3) is 0.350. The molecule has 0 spiro atoms. The van der Waals surface area contributed by atoms with Crippen molar-refractivity contribution >= 4 is 52.4 Å². The molecule has 170 valence electrons. The average molecular weight is 484 g/mol. The van der Waals surface area contributed by atoms with Crippen molar-refractivity contribution < 1.29 is 33.4 Å². The number of carbonyl (C=O) groups is 3. The van der Waals surface area contributed by atoms with Gasteiger partial charge in [0.25, 0.3) is 5.91 Å². The molecule has 0 aliphatic carbocycles. The lowest BCUT2D eigenvalue weighted by molar-refractivity contribution is -0.128. The Bertz CT molecular complexity index is 1050. The predicted octanol–water partition coefficient (Wildman–Crippen LogP) is 3.14.